The van der Waals surface area contributed by atoms with Gasteiger partial charge < -0.3 is 14.6 Å². The number of hydrogen-bond donors (Lipinski definition) is 1. The molecule has 1 aliphatic heterocycles. The fourth-order valence-electron chi connectivity index (χ4n) is 3.84. The van der Waals surface area contributed by atoms with Crippen LogP contribution in [-0.2, 0) is 13.1 Å². The first-order chi connectivity index (χ1) is 14.2. The monoisotopic (exact) mass is 393 g/mol. The van der Waals surface area contributed by atoms with Crippen LogP contribution in [0, 0.1) is 5.92 Å². The number of carbonyl (C=O) groups excluding carboxylic acids is 1. The zero-order chi connectivity index (χ0) is 20.1. The Hall–Kier alpha value is -2.93. The number of aromatic nitrogens is 2. The van der Waals surface area contributed by atoms with E-state index in [0.717, 1.165) is 55.0 Å². The van der Waals surface area contributed by atoms with Crippen molar-refractivity contribution in [3.8, 4) is 0 Å². The lowest BCUT2D eigenvalue weighted by Crippen LogP contribution is -2.43. The molecule has 7 heteroatoms. The van der Waals surface area contributed by atoms with Crippen LogP contribution in [-0.4, -0.2) is 52.5 Å². The molecule has 152 valence electrons. The van der Waals surface area contributed by atoms with E-state index < -0.39 is 0 Å². The minimum atomic E-state index is -0.0804. The van der Waals surface area contributed by atoms with E-state index in [1.165, 1.54) is 0 Å². The molecule has 1 N–H and O–H groups in total. The Bertz CT molecular complexity index is 943. The molecular formula is C22H27N5O2. The number of nitrogens with one attached hydrogen (secondary N) is 1. The van der Waals surface area contributed by atoms with Gasteiger partial charge in [0.15, 0.2) is 0 Å². The number of nitrogens with zero attached hydrogens (tertiary/aromatic N) is 4. The number of benzene rings is 1. The number of piperidine rings is 1. The fourth-order valence-corrected chi connectivity index (χ4v) is 3.84. The van der Waals surface area contributed by atoms with Crippen LogP contribution in [0.5, 0.6) is 0 Å². The van der Waals surface area contributed by atoms with Gasteiger partial charge in [-0.15, -0.1) is 0 Å². The third-order valence-corrected chi connectivity index (χ3v) is 5.35. The SMILES string of the molecule is CN(Cc1cnc2ccccc2n1)C(=O)NCC1CCCN(Cc2ccco2)C1. The molecule has 0 spiro atoms. The maximum Gasteiger partial charge on any atom is 0.317 e. The van der Waals surface area contributed by atoms with Gasteiger partial charge in [-0.25, -0.2) is 9.78 Å². The molecule has 4 rings (SSSR count). The van der Waals surface area contributed by atoms with Gasteiger partial charge >= 0.3 is 6.03 Å². The summed E-state index contributed by atoms with van der Waals surface area (Å²) in [5, 5.41) is 3.08. The van der Waals surface area contributed by atoms with Gasteiger partial charge in [0.1, 0.15) is 5.76 Å². The molecule has 1 fully saturated rings. The predicted molar refractivity (Wildman–Crippen MR) is 111 cm³/mol. The first-order valence-corrected chi connectivity index (χ1v) is 10.1. The summed E-state index contributed by atoms with van der Waals surface area (Å²) in [6, 6.07) is 11.6. The molecule has 29 heavy (non-hydrogen) atoms. The molecule has 3 heterocycles. The van der Waals surface area contributed by atoms with Crippen molar-refractivity contribution < 1.29 is 9.21 Å². The Morgan fingerprint density at radius 1 is 1.28 bits per heavy atom. The smallest absolute Gasteiger partial charge is 0.317 e. The van der Waals surface area contributed by atoms with Gasteiger partial charge in [-0.1, -0.05) is 12.1 Å². The summed E-state index contributed by atoms with van der Waals surface area (Å²) in [7, 11) is 1.79. The summed E-state index contributed by atoms with van der Waals surface area (Å²) in [6.07, 6.45) is 5.73. The molecule has 3 aromatic rings. The molecule has 2 amide bonds. The number of para-hydroxylation sites is 2. The molecule has 0 bridgehead atoms. The summed E-state index contributed by atoms with van der Waals surface area (Å²) in [5.74, 6) is 1.45. The van der Waals surface area contributed by atoms with Crippen LogP contribution in [0.2, 0.25) is 0 Å². The van der Waals surface area contributed by atoms with E-state index in [9.17, 15) is 4.79 Å². The number of furan rings is 1. The number of carbonyl (C=O) groups is 1. The highest BCUT2D eigenvalue weighted by Gasteiger charge is 2.21. The molecule has 0 aliphatic carbocycles. The van der Waals surface area contributed by atoms with Gasteiger partial charge in [-0.05, 0) is 49.6 Å². The van der Waals surface area contributed by atoms with E-state index in [2.05, 4.69) is 20.2 Å². The van der Waals surface area contributed by atoms with E-state index in [1.807, 2.05) is 36.4 Å². The van der Waals surface area contributed by atoms with Crippen molar-refractivity contribution in [3.05, 3.63) is 60.3 Å². The minimum absolute atomic E-state index is 0.0804. The second kappa shape index (κ2) is 9.05. The van der Waals surface area contributed by atoms with Crippen molar-refractivity contribution in [3.63, 3.8) is 0 Å². The molecular weight excluding hydrogens is 366 g/mol. The molecule has 0 saturated carbocycles. The minimum Gasteiger partial charge on any atom is -0.468 e. The summed E-state index contributed by atoms with van der Waals surface area (Å²) < 4.78 is 5.46. The van der Waals surface area contributed by atoms with Crippen molar-refractivity contribution in [2.24, 2.45) is 5.92 Å². The number of urea groups is 1. The molecule has 0 radical (unpaired) electrons. The molecule has 2 aromatic heterocycles. The van der Waals surface area contributed by atoms with Gasteiger partial charge in [0.25, 0.3) is 0 Å². The topological polar surface area (TPSA) is 74.5 Å². The highest BCUT2D eigenvalue weighted by Crippen LogP contribution is 2.18. The third kappa shape index (κ3) is 5.12. The molecule has 1 aliphatic rings. The summed E-state index contributed by atoms with van der Waals surface area (Å²) in [5.41, 5.74) is 2.49. The van der Waals surface area contributed by atoms with Gasteiger partial charge in [0.05, 0.1) is 42.3 Å². The fraction of sp³-hybridized carbons (Fsp3) is 0.409. The molecule has 1 aromatic carbocycles. The van der Waals surface area contributed by atoms with E-state index in [4.69, 9.17) is 4.42 Å². The Labute approximate surface area is 170 Å². The second-order valence-corrected chi connectivity index (χ2v) is 7.71. The second-order valence-electron chi connectivity index (χ2n) is 7.71. The lowest BCUT2D eigenvalue weighted by Gasteiger charge is -2.32. The molecule has 1 atom stereocenters. The number of fused-ring (bicyclic) bond motifs is 1. The number of amides is 2. The largest absolute Gasteiger partial charge is 0.468 e. The maximum atomic E-state index is 12.5. The Kier molecular flexibility index (Phi) is 6.05. The Morgan fingerprint density at radius 3 is 2.97 bits per heavy atom. The highest BCUT2D eigenvalue weighted by molar-refractivity contribution is 5.75. The average molecular weight is 393 g/mol. The normalized spacial score (nSPS) is 17.3. The van der Waals surface area contributed by atoms with Crippen molar-refractivity contribution in [2.75, 3.05) is 26.7 Å². The van der Waals surface area contributed by atoms with Gasteiger partial charge in [0.2, 0.25) is 0 Å². The van der Waals surface area contributed by atoms with E-state index in [-0.39, 0.29) is 6.03 Å². The van der Waals surface area contributed by atoms with Crippen LogP contribution in [0.3, 0.4) is 0 Å². The van der Waals surface area contributed by atoms with E-state index in [1.54, 1.807) is 24.4 Å². The Balaban J connectivity index is 1.26. The molecule has 1 saturated heterocycles. The van der Waals surface area contributed by atoms with Crippen LogP contribution in [0.15, 0.2) is 53.3 Å². The van der Waals surface area contributed by atoms with Crippen LogP contribution >= 0.6 is 0 Å². The van der Waals surface area contributed by atoms with Crippen molar-refractivity contribution in [1.82, 2.24) is 25.1 Å². The Morgan fingerprint density at radius 2 is 2.14 bits per heavy atom. The summed E-state index contributed by atoms with van der Waals surface area (Å²) >= 11 is 0. The van der Waals surface area contributed by atoms with Crippen LogP contribution in [0.4, 0.5) is 4.79 Å². The molecule has 7 nitrogen and oxygen atoms in total. The average Bonchev–Trinajstić information content (AvgIpc) is 3.25. The number of rotatable bonds is 6. The predicted octanol–water partition coefficient (Wildman–Crippen LogP) is 3.28. The first kappa shape index (κ1) is 19.4. The van der Waals surface area contributed by atoms with E-state index >= 15 is 0 Å². The maximum absolute atomic E-state index is 12.5. The lowest BCUT2D eigenvalue weighted by molar-refractivity contribution is 0.152. The standard InChI is InChI=1S/C22H27N5O2/c1-26(15-18-13-23-20-8-2-3-9-21(20)25-18)22(28)24-12-17-6-4-10-27(14-17)16-19-7-5-11-29-19/h2-3,5,7-9,11,13,17H,4,6,10,12,14-16H2,1H3,(H,24,28). The quantitative estimate of drug-likeness (QED) is 0.696. The van der Waals surface area contributed by atoms with Crippen LogP contribution in [0.1, 0.15) is 24.3 Å². The van der Waals surface area contributed by atoms with Gasteiger partial charge in [-0.2, -0.15) is 0 Å². The van der Waals surface area contributed by atoms with Crippen molar-refractivity contribution >= 4 is 17.1 Å². The van der Waals surface area contributed by atoms with Crippen molar-refractivity contribution in [1.29, 1.82) is 0 Å². The zero-order valence-electron chi connectivity index (χ0n) is 16.8. The van der Waals surface area contributed by atoms with Gasteiger partial charge in [0, 0.05) is 20.1 Å². The summed E-state index contributed by atoms with van der Waals surface area (Å²) in [6.45, 7) is 3.99. The van der Waals surface area contributed by atoms with Crippen molar-refractivity contribution in [2.45, 2.75) is 25.9 Å². The number of hydrogen-bond acceptors (Lipinski definition) is 5. The van der Waals surface area contributed by atoms with Crippen LogP contribution < -0.4 is 5.32 Å². The highest BCUT2D eigenvalue weighted by atomic mass is 16.3. The first-order valence-electron chi connectivity index (χ1n) is 10.1. The lowest BCUT2D eigenvalue weighted by atomic mass is 9.98. The van der Waals surface area contributed by atoms with Gasteiger partial charge in [-0.3, -0.25) is 9.88 Å². The van der Waals surface area contributed by atoms with E-state index in [0.29, 0.717) is 19.0 Å². The zero-order valence-corrected chi connectivity index (χ0v) is 16.8. The van der Waals surface area contributed by atoms with Crippen LogP contribution in [0.25, 0.3) is 11.0 Å². The summed E-state index contributed by atoms with van der Waals surface area (Å²) in [4.78, 5) is 25.6. The third-order valence-electron chi connectivity index (χ3n) is 5.35. The number of likely N-dealkylation sites (tertiary alicyclic amines) is 1. The molecule has 1 unspecified atom stereocenters.